The summed E-state index contributed by atoms with van der Waals surface area (Å²) in [6.45, 7) is 0. The SMILES string of the molecule is N=C(CCl)c1cc(Br)ccc1N. The van der Waals surface area contributed by atoms with Crippen LogP contribution in [0.25, 0.3) is 0 Å². The topological polar surface area (TPSA) is 49.9 Å². The van der Waals surface area contributed by atoms with Crippen molar-refractivity contribution in [3.8, 4) is 0 Å². The standard InChI is InChI=1S/C8H8BrClN2/c9-5-1-2-7(11)6(3-5)8(12)4-10/h1-3,12H,4,11H2. The molecule has 1 aromatic carbocycles. The molecule has 3 N–H and O–H groups in total. The third kappa shape index (κ3) is 1.99. The smallest absolute Gasteiger partial charge is 0.0647 e. The van der Waals surface area contributed by atoms with E-state index in [1.54, 1.807) is 12.1 Å². The van der Waals surface area contributed by atoms with Gasteiger partial charge in [0, 0.05) is 15.7 Å². The molecule has 0 heterocycles. The summed E-state index contributed by atoms with van der Waals surface area (Å²) in [6.07, 6.45) is 0. The first kappa shape index (κ1) is 9.55. The van der Waals surface area contributed by atoms with E-state index < -0.39 is 0 Å². The normalized spacial score (nSPS) is 9.83. The van der Waals surface area contributed by atoms with Gasteiger partial charge in [0.05, 0.1) is 11.6 Å². The Labute approximate surface area is 84.4 Å². The van der Waals surface area contributed by atoms with E-state index in [2.05, 4.69) is 15.9 Å². The van der Waals surface area contributed by atoms with E-state index in [9.17, 15) is 0 Å². The minimum atomic E-state index is 0.181. The molecule has 0 aliphatic carbocycles. The molecule has 0 aromatic heterocycles. The first-order chi connectivity index (χ1) is 5.65. The third-order valence-corrected chi connectivity index (χ3v) is 2.23. The van der Waals surface area contributed by atoms with Gasteiger partial charge in [-0.2, -0.15) is 0 Å². The molecule has 2 nitrogen and oxygen atoms in total. The Morgan fingerprint density at radius 1 is 1.58 bits per heavy atom. The van der Waals surface area contributed by atoms with Crippen LogP contribution in [0.4, 0.5) is 5.69 Å². The number of nitrogen functional groups attached to an aromatic ring is 1. The first-order valence-corrected chi connectivity index (χ1v) is 4.66. The number of halogens is 2. The highest BCUT2D eigenvalue weighted by Gasteiger charge is 2.04. The van der Waals surface area contributed by atoms with Crippen molar-refractivity contribution in [3.63, 3.8) is 0 Å². The summed E-state index contributed by atoms with van der Waals surface area (Å²) < 4.78 is 0.904. The molecule has 0 spiro atoms. The maximum absolute atomic E-state index is 7.48. The summed E-state index contributed by atoms with van der Waals surface area (Å²) in [5.41, 5.74) is 7.27. The van der Waals surface area contributed by atoms with Gasteiger partial charge in [-0.1, -0.05) is 15.9 Å². The fraction of sp³-hybridized carbons (Fsp3) is 0.125. The number of alkyl halides is 1. The van der Waals surface area contributed by atoms with Gasteiger partial charge >= 0.3 is 0 Å². The van der Waals surface area contributed by atoms with Gasteiger partial charge in [-0.15, -0.1) is 11.6 Å². The molecule has 1 aromatic rings. The van der Waals surface area contributed by atoms with E-state index in [4.69, 9.17) is 22.7 Å². The number of hydrogen-bond acceptors (Lipinski definition) is 2. The molecule has 0 radical (unpaired) electrons. The second kappa shape index (κ2) is 3.92. The van der Waals surface area contributed by atoms with Crippen molar-refractivity contribution >= 4 is 38.9 Å². The zero-order valence-corrected chi connectivity index (χ0v) is 8.61. The number of rotatable bonds is 2. The minimum absolute atomic E-state index is 0.181. The maximum Gasteiger partial charge on any atom is 0.0647 e. The maximum atomic E-state index is 7.48. The van der Waals surface area contributed by atoms with E-state index in [1.165, 1.54) is 0 Å². The lowest BCUT2D eigenvalue weighted by Crippen LogP contribution is -2.04. The summed E-state index contributed by atoms with van der Waals surface area (Å²) >= 11 is 8.81. The monoisotopic (exact) mass is 246 g/mol. The molecule has 0 unspecified atom stereocenters. The van der Waals surface area contributed by atoms with Crippen molar-refractivity contribution in [2.24, 2.45) is 0 Å². The van der Waals surface area contributed by atoms with Gasteiger partial charge in [0.2, 0.25) is 0 Å². The van der Waals surface area contributed by atoms with Crippen LogP contribution in [-0.4, -0.2) is 11.6 Å². The summed E-state index contributed by atoms with van der Waals surface area (Å²) in [5, 5.41) is 7.48. The molecule has 0 atom stereocenters. The molecule has 0 aliphatic rings. The molecule has 0 amide bonds. The van der Waals surface area contributed by atoms with Crippen molar-refractivity contribution in [1.82, 2.24) is 0 Å². The Kier molecular flexibility index (Phi) is 3.12. The van der Waals surface area contributed by atoms with Crippen molar-refractivity contribution < 1.29 is 0 Å². The molecule has 12 heavy (non-hydrogen) atoms. The largest absolute Gasteiger partial charge is 0.398 e. The van der Waals surface area contributed by atoms with Crippen LogP contribution in [-0.2, 0) is 0 Å². The Morgan fingerprint density at radius 2 is 2.25 bits per heavy atom. The number of anilines is 1. The molecule has 4 heteroatoms. The Balaban J connectivity index is 3.13. The van der Waals surface area contributed by atoms with Crippen molar-refractivity contribution in [2.75, 3.05) is 11.6 Å². The average Bonchev–Trinajstić information content (AvgIpc) is 2.08. The molecule has 64 valence electrons. The molecular weight excluding hydrogens is 239 g/mol. The van der Waals surface area contributed by atoms with Crippen LogP contribution in [0, 0.1) is 5.41 Å². The molecule has 0 aliphatic heterocycles. The van der Waals surface area contributed by atoms with E-state index in [0.29, 0.717) is 17.0 Å². The third-order valence-electron chi connectivity index (χ3n) is 1.47. The summed E-state index contributed by atoms with van der Waals surface area (Å²) in [6, 6.07) is 5.38. The quantitative estimate of drug-likeness (QED) is 0.471. The Bertz CT molecular complexity index is 312. The molecule has 0 fully saturated rings. The van der Waals surface area contributed by atoms with Crippen LogP contribution >= 0.6 is 27.5 Å². The van der Waals surface area contributed by atoms with Gasteiger partial charge in [0.1, 0.15) is 0 Å². The van der Waals surface area contributed by atoms with Gasteiger partial charge in [-0.25, -0.2) is 0 Å². The van der Waals surface area contributed by atoms with Crippen LogP contribution in [0.3, 0.4) is 0 Å². The van der Waals surface area contributed by atoms with Gasteiger partial charge in [-0.3, -0.25) is 0 Å². The summed E-state index contributed by atoms with van der Waals surface area (Å²) in [4.78, 5) is 0. The fourth-order valence-electron chi connectivity index (χ4n) is 0.862. The van der Waals surface area contributed by atoms with Gasteiger partial charge < -0.3 is 11.1 Å². The van der Waals surface area contributed by atoms with Crippen LogP contribution in [0.2, 0.25) is 0 Å². The zero-order valence-electron chi connectivity index (χ0n) is 6.27. The summed E-state index contributed by atoms with van der Waals surface area (Å²) in [7, 11) is 0. The highest BCUT2D eigenvalue weighted by atomic mass is 79.9. The predicted molar refractivity (Wildman–Crippen MR) is 56.1 cm³/mol. The highest BCUT2D eigenvalue weighted by molar-refractivity contribution is 9.10. The van der Waals surface area contributed by atoms with Crippen molar-refractivity contribution in [1.29, 1.82) is 5.41 Å². The molecule has 1 rings (SSSR count). The molecule has 0 bridgehead atoms. The zero-order chi connectivity index (χ0) is 9.14. The highest BCUT2D eigenvalue weighted by Crippen LogP contribution is 2.18. The van der Waals surface area contributed by atoms with E-state index >= 15 is 0 Å². The van der Waals surface area contributed by atoms with E-state index in [1.807, 2.05) is 6.07 Å². The van der Waals surface area contributed by atoms with Gasteiger partial charge in [0.15, 0.2) is 0 Å². The molecule has 0 saturated heterocycles. The van der Waals surface area contributed by atoms with Gasteiger partial charge in [0.25, 0.3) is 0 Å². The molecular formula is C8H8BrClN2. The number of nitrogens with two attached hydrogens (primary N) is 1. The minimum Gasteiger partial charge on any atom is -0.398 e. The van der Waals surface area contributed by atoms with Crippen LogP contribution in [0.1, 0.15) is 5.56 Å². The fourth-order valence-corrected chi connectivity index (χ4v) is 1.37. The number of nitrogens with one attached hydrogen (secondary N) is 1. The van der Waals surface area contributed by atoms with E-state index in [0.717, 1.165) is 4.47 Å². The second-order valence-corrected chi connectivity index (χ2v) is 3.53. The van der Waals surface area contributed by atoms with Gasteiger partial charge in [-0.05, 0) is 18.2 Å². The Hall–Kier alpha value is -0.540. The average molecular weight is 248 g/mol. The van der Waals surface area contributed by atoms with E-state index in [-0.39, 0.29) is 5.88 Å². The number of benzene rings is 1. The van der Waals surface area contributed by atoms with Crippen molar-refractivity contribution in [3.05, 3.63) is 28.2 Å². The lowest BCUT2D eigenvalue weighted by molar-refractivity contribution is 1.45. The molecule has 0 saturated carbocycles. The number of hydrogen-bond donors (Lipinski definition) is 2. The van der Waals surface area contributed by atoms with Crippen LogP contribution in [0.15, 0.2) is 22.7 Å². The summed E-state index contributed by atoms with van der Waals surface area (Å²) in [5.74, 6) is 0.181. The lowest BCUT2D eigenvalue weighted by Gasteiger charge is -2.04. The van der Waals surface area contributed by atoms with Crippen molar-refractivity contribution in [2.45, 2.75) is 0 Å². The van der Waals surface area contributed by atoms with Crippen LogP contribution < -0.4 is 5.73 Å². The van der Waals surface area contributed by atoms with Crippen LogP contribution in [0.5, 0.6) is 0 Å². The second-order valence-electron chi connectivity index (χ2n) is 2.34. The predicted octanol–water partition coefficient (Wildman–Crippen LogP) is 2.64. The Morgan fingerprint density at radius 3 is 2.83 bits per heavy atom. The first-order valence-electron chi connectivity index (χ1n) is 3.34. The lowest BCUT2D eigenvalue weighted by atomic mass is 10.1.